The van der Waals surface area contributed by atoms with Crippen molar-refractivity contribution in [1.82, 2.24) is 0 Å². The summed E-state index contributed by atoms with van der Waals surface area (Å²) in [4.78, 5) is 11.1. The summed E-state index contributed by atoms with van der Waals surface area (Å²) >= 11 is 0. The molecule has 3 heteroatoms. The van der Waals surface area contributed by atoms with E-state index in [2.05, 4.69) is 0 Å². The van der Waals surface area contributed by atoms with E-state index in [-0.39, 0.29) is 12.2 Å². The fourth-order valence-corrected chi connectivity index (χ4v) is 2.02. The van der Waals surface area contributed by atoms with Gasteiger partial charge in [-0.3, -0.25) is 4.79 Å². The zero-order valence-electron chi connectivity index (χ0n) is 8.54. The predicted molar refractivity (Wildman–Crippen MR) is 49.6 cm³/mol. The van der Waals surface area contributed by atoms with E-state index in [0.717, 1.165) is 6.42 Å². The standard InChI is InChI=1S/C10H18O3/c1-4-7-8(13-7)10(5-2,6-3)9(11)12/h7-8H,4-6H2,1-3H3,(H,11,12). The lowest BCUT2D eigenvalue weighted by Gasteiger charge is -2.24. The lowest BCUT2D eigenvalue weighted by atomic mass is 9.77. The molecule has 0 bridgehead atoms. The van der Waals surface area contributed by atoms with Gasteiger partial charge in [-0.2, -0.15) is 0 Å². The Morgan fingerprint density at radius 3 is 2.15 bits per heavy atom. The number of carbonyl (C=O) groups is 1. The number of carboxylic acids is 1. The van der Waals surface area contributed by atoms with E-state index in [1.165, 1.54) is 0 Å². The second-order valence-electron chi connectivity index (χ2n) is 3.67. The van der Waals surface area contributed by atoms with E-state index in [9.17, 15) is 4.79 Å². The van der Waals surface area contributed by atoms with Crippen LogP contribution in [0.1, 0.15) is 40.0 Å². The molecule has 1 saturated heterocycles. The van der Waals surface area contributed by atoms with Crippen molar-refractivity contribution in [3.8, 4) is 0 Å². The molecule has 0 radical (unpaired) electrons. The van der Waals surface area contributed by atoms with Crippen molar-refractivity contribution < 1.29 is 14.6 Å². The second kappa shape index (κ2) is 3.66. The molecule has 0 aromatic rings. The summed E-state index contributed by atoms with van der Waals surface area (Å²) in [6.07, 6.45) is 2.35. The van der Waals surface area contributed by atoms with Crippen LogP contribution in [0.25, 0.3) is 0 Å². The average Bonchev–Trinajstić information content (AvgIpc) is 2.87. The molecule has 0 aliphatic carbocycles. The maximum Gasteiger partial charge on any atom is 0.312 e. The van der Waals surface area contributed by atoms with E-state index in [4.69, 9.17) is 9.84 Å². The lowest BCUT2D eigenvalue weighted by molar-refractivity contribution is -0.150. The van der Waals surface area contributed by atoms with Gasteiger partial charge >= 0.3 is 5.97 Å². The molecule has 1 aliphatic rings. The van der Waals surface area contributed by atoms with Crippen molar-refractivity contribution in [3.05, 3.63) is 0 Å². The molecule has 0 aromatic heterocycles. The van der Waals surface area contributed by atoms with Gasteiger partial charge < -0.3 is 9.84 Å². The van der Waals surface area contributed by atoms with Crippen LogP contribution >= 0.6 is 0 Å². The fourth-order valence-electron chi connectivity index (χ4n) is 2.02. The number of epoxide rings is 1. The molecule has 76 valence electrons. The Balaban J connectivity index is 2.73. The summed E-state index contributed by atoms with van der Waals surface area (Å²) in [6.45, 7) is 5.88. The van der Waals surface area contributed by atoms with Gasteiger partial charge in [-0.05, 0) is 19.3 Å². The summed E-state index contributed by atoms with van der Waals surface area (Å²) < 4.78 is 5.39. The minimum Gasteiger partial charge on any atom is -0.481 e. The fraction of sp³-hybridized carbons (Fsp3) is 0.900. The summed E-state index contributed by atoms with van der Waals surface area (Å²) in [6, 6.07) is 0. The van der Waals surface area contributed by atoms with Crippen molar-refractivity contribution in [2.24, 2.45) is 5.41 Å². The maximum atomic E-state index is 11.1. The van der Waals surface area contributed by atoms with Gasteiger partial charge in [-0.15, -0.1) is 0 Å². The number of hydrogen-bond acceptors (Lipinski definition) is 2. The Morgan fingerprint density at radius 1 is 1.38 bits per heavy atom. The minimum atomic E-state index is -0.710. The van der Waals surface area contributed by atoms with Crippen LogP contribution in [0.4, 0.5) is 0 Å². The first-order valence-corrected chi connectivity index (χ1v) is 5.01. The van der Waals surface area contributed by atoms with Gasteiger partial charge in [0.1, 0.15) is 6.10 Å². The summed E-state index contributed by atoms with van der Waals surface area (Å²) in [7, 11) is 0. The molecule has 2 unspecified atom stereocenters. The first kappa shape index (κ1) is 10.5. The van der Waals surface area contributed by atoms with Crippen molar-refractivity contribution in [1.29, 1.82) is 0 Å². The van der Waals surface area contributed by atoms with E-state index >= 15 is 0 Å². The molecule has 0 amide bonds. The Bertz CT molecular complexity index is 196. The van der Waals surface area contributed by atoms with E-state index < -0.39 is 11.4 Å². The van der Waals surface area contributed by atoms with Crippen LogP contribution in [0.2, 0.25) is 0 Å². The lowest BCUT2D eigenvalue weighted by Crippen LogP contribution is -2.36. The molecule has 1 rings (SSSR count). The van der Waals surface area contributed by atoms with Gasteiger partial charge in [0.05, 0.1) is 11.5 Å². The van der Waals surface area contributed by atoms with Gasteiger partial charge in [-0.25, -0.2) is 0 Å². The molecular formula is C10H18O3. The third-order valence-corrected chi connectivity index (χ3v) is 3.22. The number of carboxylic acid groups (broad SMARTS) is 1. The number of hydrogen-bond donors (Lipinski definition) is 1. The Labute approximate surface area is 79.1 Å². The highest BCUT2D eigenvalue weighted by atomic mass is 16.6. The van der Waals surface area contributed by atoms with Crippen LogP contribution in [0, 0.1) is 5.41 Å². The molecule has 13 heavy (non-hydrogen) atoms. The SMILES string of the molecule is CCC1OC1C(CC)(CC)C(=O)O. The molecule has 1 heterocycles. The number of ether oxygens (including phenoxy) is 1. The highest BCUT2D eigenvalue weighted by Crippen LogP contribution is 2.45. The molecule has 2 atom stereocenters. The smallest absolute Gasteiger partial charge is 0.312 e. The van der Waals surface area contributed by atoms with Gasteiger partial charge in [0, 0.05) is 0 Å². The third-order valence-electron chi connectivity index (χ3n) is 3.22. The van der Waals surface area contributed by atoms with Crippen molar-refractivity contribution in [3.63, 3.8) is 0 Å². The Hall–Kier alpha value is -0.570. The molecule has 1 fully saturated rings. The van der Waals surface area contributed by atoms with E-state index in [0.29, 0.717) is 12.8 Å². The van der Waals surface area contributed by atoms with Crippen LogP contribution < -0.4 is 0 Å². The highest BCUT2D eigenvalue weighted by molar-refractivity contribution is 5.76. The van der Waals surface area contributed by atoms with Gasteiger partial charge in [0.15, 0.2) is 0 Å². The summed E-state index contributed by atoms with van der Waals surface area (Å²) in [5.41, 5.74) is -0.638. The third kappa shape index (κ3) is 1.57. The largest absolute Gasteiger partial charge is 0.481 e. The molecule has 3 nitrogen and oxygen atoms in total. The topological polar surface area (TPSA) is 49.8 Å². The van der Waals surface area contributed by atoms with Gasteiger partial charge in [0.25, 0.3) is 0 Å². The molecule has 1 N–H and O–H groups in total. The first-order valence-electron chi connectivity index (χ1n) is 5.01. The monoisotopic (exact) mass is 186 g/mol. The maximum absolute atomic E-state index is 11.1. The zero-order chi connectivity index (χ0) is 10.1. The van der Waals surface area contributed by atoms with Crippen LogP contribution in [0.3, 0.4) is 0 Å². The number of rotatable bonds is 5. The minimum absolute atomic E-state index is 0.0509. The van der Waals surface area contributed by atoms with E-state index in [1.807, 2.05) is 20.8 Å². The summed E-state index contributed by atoms with van der Waals surface area (Å²) in [5.74, 6) is -0.710. The van der Waals surface area contributed by atoms with Gasteiger partial charge in [0.2, 0.25) is 0 Å². The predicted octanol–water partition coefficient (Wildman–Crippen LogP) is 2.05. The van der Waals surface area contributed by atoms with Crippen LogP contribution in [0.15, 0.2) is 0 Å². The molecule has 0 spiro atoms. The van der Waals surface area contributed by atoms with E-state index in [1.54, 1.807) is 0 Å². The normalized spacial score (nSPS) is 27.3. The molecule has 0 aromatic carbocycles. The van der Waals surface area contributed by atoms with Crippen molar-refractivity contribution in [2.45, 2.75) is 52.2 Å². The zero-order valence-corrected chi connectivity index (χ0v) is 8.54. The molecule has 0 saturated carbocycles. The van der Waals surface area contributed by atoms with Crippen molar-refractivity contribution >= 4 is 5.97 Å². The average molecular weight is 186 g/mol. The quantitative estimate of drug-likeness (QED) is 0.668. The first-order chi connectivity index (χ1) is 6.12. The Morgan fingerprint density at radius 2 is 1.92 bits per heavy atom. The number of aliphatic carboxylic acids is 1. The summed E-state index contributed by atoms with van der Waals surface area (Å²) in [5, 5.41) is 9.17. The van der Waals surface area contributed by atoms with Crippen LogP contribution in [0.5, 0.6) is 0 Å². The molecule has 1 aliphatic heterocycles. The van der Waals surface area contributed by atoms with Crippen LogP contribution in [-0.4, -0.2) is 23.3 Å². The highest BCUT2D eigenvalue weighted by Gasteiger charge is 2.56. The Kier molecular flexibility index (Phi) is 2.96. The van der Waals surface area contributed by atoms with Crippen LogP contribution in [-0.2, 0) is 9.53 Å². The second-order valence-corrected chi connectivity index (χ2v) is 3.67. The van der Waals surface area contributed by atoms with Gasteiger partial charge in [-0.1, -0.05) is 20.8 Å². The van der Waals surface area contributed by atoms with Crippen molar-refractivity contribution in [2.75, 3.05) is 0 Å². The molecular weight excluding hydrogens is 168 g/mol.